The summed E-state index contributed by atoms with van der Waals surface area (Å²) in [5.41, 5.74) is 0.237. The molecule has 0 radical (unpaired) electrons. The summed E-state index contributed by atoms with van der Waals surface area (Å²) < 4.78 is 9.89. The summed E-state index contributed by atoms with van der Waals surface area (Å²) in [6.07, 6.45) is 0. The highest BCUT2D eigenvalue weighted by Gasteiger charge is 2.11. The average molecular weight is 274 g/mol. The van der Waals surface area contributed by atoms with Crippen molar-refractivity contribution in [3.63, 3.8) is 0 Å². The zero-order valence-electron chi connectivity index (χ0n) is 11.2. The molecule has 0 saturated carbocycles. The monoisotopic (exact) mass is 274 g/mol. The van der Waals surface area contributed by atoms with Gasteiger partial charge in [0, 0.05) is 11.6 Å². The molecule has 1 heterocycles. The van der Waals surface area contributed by atoms with Gasteiger partial charge >= 0.3 is 5.97 Å². The Balaban J connectivity index is 2.39. The molecule has 1 N–H and O–H groups in total. The molecule has 0 aliphatic rings. The Kier molecular flexibility index (Phi) is 4.14. The van der Waals surface area contributed by atoms with Crippen LogP contribution in [0.3, 0.4) is 0 Å². The van der Waals surface area contributed by atoms with Gasteiger partial charge in [-0.25, -0.2) is 9.78 Å². The summed E-state index contributed by atoms with van der Waals surface area (Å²) in [6, 6.07) is 8.14. The van der Waals surface area contributed by atoms with E-state index >= 15 is 0 Å². The first-order valence-corrected chi connectivity index (χ1v) is 6.07. The number of carbonyl (C=O) groups excluding carboxylic acids is 1. The highest BCUT2D eigenvalue weighted by Crippen LogP contribution is 2.18. The predicted molar refractivity (Wildman–Crippen MR) is 72.8 cm³/mol. The van der Waals surface area contributed by atoms with Crippen molar-refractivity contribution in [3.05, 3.63) is 46.4 Å². The Morgan fingerprint density at radius 2 is 2.00 bits per heavy atom. The van der Waals surface area contributed by atoms with Crippen LogP contribution in [-0.2, 0) is 4.74 Å². The number of rotatable bonds is 4. The Morgan fingerprint density at radius 1 is 1.30 bits per heavy atom. The van der Waals surface area contributed by atoms with Crippen LogP contribution in [0.1, 0.15) is 17.4 Å². The van der Waals surface area contributed by atoms with Gasteiger partial charge in [-0.2, -0.15) is 0 Å². The molecular weight excluding hydrogens is 260 g/mol. The molecule has 0 amide bonds. The van der Waals surface area contributed by atoms with Gasteiger partial charge in [-0.1, -0.05) is 0 Å². The minimum atomic E-state index is -0.650. The number of nitrogens with zero attached hydrogens (tertiary/aromatic N) is 1. The molecule has 0 aliphatic heterocycles. The van der Waals surface area contributed by atoms with E-state index in [1.165, 1.54) is 7.11 Å². The molecule has 0 fully saturated rings. The van der Waals surface area contributed by atoms with Gasteiger partial charge in [-0.3, -0.25) is 4.79 Å². The van der Waals surface area contributed by atoms with E-state index in [0.29, 0.717) is 18.0 Å². The van der Waals surface area contributed by atoms with Crippen molar-refractivity contribution in [2.24, 2.45) is 0 Å². The predicted octanol–water partition coefficient (Wildman–Crippen LogP) is 1.62. The Hall–Kier alpha value is -2.63. The summed E-state index contributed by atoms with van der Waals surface area (Å²) in [6.45, 7) is 2.47. The van der Waals surface area contributed by atoms with E-state index in [1.54, 1.807) is 24.3 Å². The highest BCUT2D eigenvalue weighted by atomic mass is 16.5. The van der Waals surface area contributed by atoms with E-state index in [2.05, 4.69) is 14.7 Å². The lowest BCUT2D eigenvalue weighted by molar-refractivity contribution is 0.0594. The first-order valence-electron chi connectivity index (χ1n) is 6.07. The molecule has 0 atom stereocenters. The molecule has 20 heavy (non-hydrogen) atoms. The molecule has 1 aromatic heterocycles. The van der Waals surface area contributed by atoms with Crippen molar-refractivity contribution < 1.29 is 14.3 Å². The molecule has 104 valence electrons. The van der Waals surface area contributed by atoms with E-state index < -0.39 is 11.5 Å². The standard InChI is InChI=1S/C14H14N2O4/c1-3-20-10-6-4-9(5-7-10)13-15-11(14(18)19-2)8-12(17)16-13/h4-8H,3H2,1-2H3,(H,15,16,17). The van der Waals surface area contributed by atoms with Crippen LogP contribution >= 0.6 is 0 Å². The van der Waals surface area contributed by atoms with Crippen molar-refractivity contribution in [2.75, 3.05) is 13.7 Å². The number of hydrogen-bond donors (Lipinski definition) is 1. The van der Waals surface area contributed by atoms with Gasteiger partial charge in [0.1, 0.15) is 11.6 Å². The number of esters is 1. The summed E-state index contributed by atoms with van der Waals surface area (Å²) in [5.74, 6) is 0.381. The number of hydrogen-bond acceptors (Lipinski definition) is 5. The lowest BCUT2D eigenvalue weighted by Gasteiger charge is -2.05. The summed E-state index contributed by atoms with van der Waals surface area (Å²) >= 11 is 0. The van der Waals surface area contributed by atoms with Crippen LogP contribution in [0.5, 0.6) is 5.75 Å². The van der Waals surface area contributed by atoms with Crippen molar-refractivity contribution in [1.29, 1.82) is 0 Å². The second-order valence-electron chi connectivity index (χ2n) is 3.93. The lowest BCUT2D eigenvalue weighted by Crippen LogP contribution is -2.14. The van der Waals surface area contributed by atoms with E-state index in [9.17, 15) is 9.59 Å². The van der Waals surface area contributed by atoms with Crippen LogP contribution in [-0.4, -0.2) is 29.7 Å². The maximum atomic E-state index is 11.5. The fourth-order valence-corrected chi connectivity index (χ4v) is 1.68. The maximum Gasteiger partial charge on any atom is 0.356 e. The first kappa shape index (κ1) is 13.8. The molecule has 0 spiro atoms. The van der Waals surface area contributed by atoms with Gasteiger partial charge in [0.15, 0.2) is 5.69 Å². The number of methoxy groups -OCH3 is 1. The minimum absolute atomic E-state index is 0.0277. The molecule has 1 aromatic carbocycles. The summed E-state index contributed by atoms with van der Waals surface area (Å²) in [4.78, 5) is 29.6. The zero-order valence-corrected chi connectivity index (χ0v) is 11.2. The quantitative estimate of drug-likeness (QED) is 0.857. The number of nitrogens with one attached hydrogen (secondary N) is 1. The Morgan fingerprint density at radius 3 is 2.60 bits per heavy atom. The largest absolute Gasteiger partial charge is 0.494 e. The van der Waals surface area contributed by atoms with Crippen LogP contribution in [0.2, 0.25) is 0 Å². The van der Waals surface area contributed by atoms with Crippen molar-refractivity contribution in [2.45, 2.75) is 6.92 Å². The maximum absolute atomic E-state index is 11.5. The van der Waals surface area contributed by atoms with Gasteiger partial charge in [0.05, 0.1) is 13.7 Å². The highest BCUT2D eigenvalue weighted by molar-refractivity contribution is 5.87. The van der Waals surface area contributed by atoms with E-state index in [4.69, 9.17) is 4.74 Å². The number of ether oxygens (including phenoxy) is 2. The Bertz CT molecular complexity index is 662. The number of aromatic amines is 1. The van der Waals surface area contributed by atoms with Crippen LogP contribution in [0, 0.1) is 0 Å². The molecule has 0 bridgehead atoms. The number of H-pyrrole nitrogens is 1. The fourth-order valence-electron chi connectivity index (χ4n) is 1.68. The molecule has 6 heteroatoms. The first-order chi connectivity index (χ1) is 9.63. The molecule has 2 aromatic rings. The lowest BCUT2D eigenvalue weighted by atomic mass is 10.2. The second-order valence-corrected chi connectivity index (χ2v) is 3.93. The van der Waals surface area contributed by atoms with Crippen LogP contribution in [0.25, 0.3) is 11.4 Å². The summed E-state index contributed by atoms with van der Waals surface area (Å²) in [7, 11) is 1.24. The van der Waals surface area contributed by atoms with Crippen molar-refractivity contribution >= 4 is 5.97 Å². The SMILES string of the molecule is CCOc1ccc(-c2nc(C(=O)OC)cc(=O)[nH]2)cc1. The summed E-state index contributed by atoms with van der Waals surface area (Å²) in [5, 5.41) is 0. The van der Waals surface area contributed by atoms with Crippen LogP contribution in [0.15, 0.2) is 35.1 Å². The fraction of sp³-hybridized carbons (Fsp3) is 0.214. The molecular formula is C14H14N2O4. The third-order valence-electron chi connectivity index (χ3n) is 2.57. The van der Waals surface area contributed by atoms with Gasteiger partial charge in [0.25, 0.3) is 5.56 Å². The van der Waals surface area contributed by atoms with Gasteiger partial charge in [-0.15, -0.1) is 0 Å². The number of aromatic nitrogens is 2. The second kappa shape index (κ2) is 6.01. The average Bonchev–Trinajstić information content (AvgIpc) is 2.47. The van der Waals surface area contributed by atoms with Crippen LogP contribution in [0.4, 0.5) is 0 Å². The molecule has 0 saturated heterocycles. The molecule has 6 nitrogen and oxygen atoms in total. The molecule has 0 aliphatic carbocycles. The van der Waals surface area contributed by atoms with Crippen molar-refractivity contribution in [1.82, 2.24) is 9.97 Å². The smallest absolute Gasteiger partial charge is 0.356 e. The molecule has 0 unspecified atom stereocenters. The normalized spacial score (nSPS) is 10.1. The van der Waals surface area contributed by atoms with Gasteiger partial charge in [0.2, 0.25) is 0 Å². The van der Waals surface area contributed by atoms with Gasteiger partial charge < -0.3 is 14.5 Å². The Labute approximate surface area is 115 Å². The van der Waals surface area contributed by atoms with E-state index in [1.807, 2.05) is 6.92 Å². The van der Waals surface area contributed by atoms with E-state index in [0.717, 1.165) is 11.8 Å². The zero-order chi connectivity index (χ0) is 14.5. The minimum Gasteiger partial charge on any atom is -0.494 e. The third-order valence-corrected chi connectivity index (χ3v) is 2.57. The van der Waals surface area contributed by atoms with Crippen LogP contribution < -0.4 is 10.3 Å². The van der Waals surface area contributed by atoms with E-state index in [-0.39, 0.29) is 5.69 Å². The third kappa shape index (κ3) is 3.03. The number of carbonyl (C=O) groups is 1. The topological polar surface area (TPSA) is 81.3 Å². The van der Waals surface area contributed by atoms with Crippen molar-refractivity contribution in [3.8, 4) is 17.1 Å². The number of benzene rings is 1. The van der Waals surface area contributed by atoms with Gasteiger partial charge in [-0.05, 0) is 31.2 Å². The molecule has 2 rings (SSSR count).